The molecule has 1 aliphatic rings. The van der Waals surface area contributed by atoms with Crippen molar-refractivity contribution in [3.8, 4) is 0 Å². The molecule has 0 spiro atoms. The maximum atomic E-state index is 11.8. The van der Waals surface area contributed by atoms with Gasteiger partial charge in [0.2, 0.25) is 0 Å². The summed E-state index contributed by atoms with van der Waals surface area (Å²) in [6, 6.07) is 5.46. The van der Waals surface area contributed by atoms with Gasteiger partial charge in [-0.05, 0) is 36.1 Å². The van der Waals surface area contributed by atoms with Crippen LogP contribution in [0.25, 0.3) is 0 Å². The van der Waals surface area contributed by atoms with E-state index in [2.05, 4.69) is 0 Å². The lowest BCUT2D eigenvalue weighted by atomic mass is 10.3. The molecule has 5 heteroatoms. The zero-order chi connectivity index (χ0) is 13.3. The van der Waals surface area contributed by atoms with Crippen LogP contribution in [-0.4, -0.2) is 13.1 Å². The van der Waals surface area contributed by atoms with Gasteiger partial charge in [0.05, 0.1) is 22.1 Å². The van der Waals surface area contributed by atoms with Crippen molar-refractivity contribution in [2.75, 3.05) is 7.11 Å². The number of carbonyl (C=O) groups excluding carboxylic acids is 1. The van der Waals surface area contributed by atoms with Crippen LogP contribution in [0.1, 0.15) is 6.92 Å². The highest BCUT2D eigenvalue weighted by Gasteiger charge is 2.24. The summed E-state index contributed by atoms with van der Waals surface area (Å²) in [5.74, 6) is -0.315. The van der Waals surface area contributed by atoms with Gasteiger partial charge in [-0.3, -0.25) is 0 Å². The SMILES string of the molecule is COC(=O)C1=CC(C)=C[SH]1c1cccc(Cl)c1Cl. The van der Waals surface area contributed by atoms with E-state index in [0.29, 0.717) is 15.0 Å². The Morgan fingerprint density at radius 1 is 1.33 bits per heavy atom. The van der Waals surface area contributed by atoms with Gasteiger partial charge in [-0.15, -0.1) is 0 Å². The lowest BCUT2D eigenvalue weighted by Gasteiger charge is -2.18. The number of benzene rings is 1. The maximum Gasteiger partial charge on any atom is 0.343 e. The summed E-state index contributed by atoms with van der Waals surface area (Å²) in [6.45, 7) is 1.95. The van der Waals surface area contributed by atoms with E-state index in [1.807, 2.05) is 30.5 Å². The maximum absolute atomic E-state index is 11.8. The Bertz CT molecular complexity index is 564. The van der Waals surface area contributed by atoms with Gasteiger partial charge in [-0.2, -0.15) is 10.9 Å². The summed E-state index contributed by atoms with van der Waals surface area (Å²) in [7, 11) is 0.462. The van der Waals surface area contributed by atoms with E-state index in [0.717, 1.165) is 10.5 Å². The number of rotatable bonds is 2. The highest BCUT2D eigenvalue weighted by molar-refractivity contribution is 8.24. The standard InChI is InChI=1S/C13H12Cl2O2S/c1-8-6-11(13(16)17-2)18(7-8)10-5-3-4-9(14)12(10)15/h3-7,18H,1-2H3. The number of hydrogen-bond acceptors (Lipinski definition) is 2. The van der Waals surface area contributed by atoms with Crippen molar-refractivity contribution in [3.63, 3.8) is 0 Å². The molecule has 0 saturated carbocycles. The molecule has 0 bridgehead atoms. The molecule has 2 nitrogen and oxygen atoms in total. The highest BCUT2D eigenvalue weighted by atomic mass is 35.5. The van der Waals surface area contributed by atoms with Crippen molar-refractivity contribution < 1.29 is 9.53 Å². The van der Waals surface area contributed by atoms with Gasteiger partial charge in [0.15, 0.2) is 0 Å². The molecule has 18 heavy (non-hydrogen) atoms. The quantitative estimate of drug-likeness (QED) is 0.650. The van der Waals surface area contributed by atoms with Gasteiger partial charge in [0, 0.05) is 4.90 Å². The van der Waals surface area contributed by atoms with Crippen LogP contribution >= 0.6 is 34.1 Å². The second-order valence-electron chi connectivity index (χ2n) is 3.84. The third-order valence-electron chi connectivity index (χ3n) is 2.54. The monoisotopic (exact) mass is 302 g/mol. The first-order chi connectivity index (χ1) is 8.54. The normalized spacial score (nSPS) is 20.3. The molecule has 0 saturated heterocycles. The van der Waals surface area contributed by atoms with Crippen LogP contribution in [0.15, 0.2) is 45.1 Å². The van der Waals surface area contributed by atoms with Crippen LogP contribution in [0.5, 0.6) is 0 Å². The van der Waals surface area contributed by atoms with Gasteiger partial charge in [0.25, 0.3) is 0 Å². The van der Waals surface area contributed by atoms with E-state index in [-0.39, 0.29) is 5.97 Å². The Labute approximate surface area is 119 Å². The van der Waals surface area contributed by atoms with E-state index in [9.17, 15) is 4.79 Å². The number of halogens is 2. The van der Waals surface area contributed by atoms with Crippen molar-refractivity contribution in [2.45, 2.75) is 11.8 Å². The average Bonchev–Trinajstić information content (AvgIpc) is 2.73. The number of thiol groups is 1. The fraction of sp³-hybridized carbons (Fsp3) is 0.154. The first kappa shape index (κ1) is 13.5. The summed E-state index contributed by atoms with van der Waals surface area (Å²) in [5, 5.41) is 3.05. The Morgan fingerprint density at radius 2 is 2.06 bits per heavy atom. The van der Waals surface area contributed by atoms with E-state index < -0.39 is 10.9 Å². The summed E-state index contributed by atoms with van der Waals surface area (Å²) < 4.78 is 4.80. The van der Waals surface area contributed by atoms with Crippen LogP contribution < -0.4 is 0 Å². The minimum absolute atomic E-state index is 0.315. The lowest BCUT2D eigenvalue weighted by molar-refractivity contribution is -0.135. The van der Waals surface area contributed by atoms with Crippen molar-refractivity contribution >= 4 is 40.1 Å². The molecule has 0 N–H and O–H groups in total. The molecule has 2 rings (SSSR count). The van der Waals surface area contributed by atoms with Crippen LogP contribution in [0.3, 0.4) is 0 Å². The molecule has 0 aliphatic carbocycles. The topological polar surface area (TPSA) is 26.3 Å². The Kier molecular flexibility index (Phi) is 4.05. The van der Waals surface area contributed by atoms with Crippen molar-refractivity contribution in [1.29, 1.82) is 0 Å². The molecular formula is C13H12Cl2O2S. The largest absolute Gasteiger partial charge is 0.465 e. The first-order valence-electron chi connectivity index (χ1n) is 5.26. The zero-order valence-corrected chi connectivity index (χ0v) is 12.3. The van der Waals surface area contributed by atoms with Crippen molar-refractivity contribution in [2.24, 2.45) is 0 Å². The average molecular weight is 303 g/mol. The summed E-state index contributed by atoms with van der Waals surface area (Å²) >= 11 is 12.2. The minimum Gasteiger partial charge on any atom is -0.465 e. The molecule has 1 heterocycles. The number of carbonyl (C=O) groups is 1. The van der Waals surface area contributed by atoms with Crippen LogP contribution in [0.4, 0.5) is 0 Å². The molecule has 1 atom stereocenters. The molecule has 0 fully saturated rings. The Balaban J connectivity index is 2.47. The molecule has 1 unspecified atom stereocenters. The molecule has 1 aromatic carbocycles. The number of esters is 1. The Hall–Kier alpha value is -0.900. The van der Waals surface area contributed by atoms with E-state index in [1.165, 1.54) is 7.11 Å². The summed E-state index contributed by atoms with van der Waals surface area (Å²) in [4.78, 5) is 13.3. The van der Waals surface area contributed by atoms with E-state index >= 15 is 0 Å². The second kappa shape index (κ2) is 5.39. The lowest BCUT2D eigenvalue weighted by Crippen LogP contribution is -2.03. The summed E-state index contributed by atoms with van der Waals surface area (Å²) in [5.41, 5.74) is 1.04. The number of hydrogen-bond donors (Lipinski definition) is 1. The fourth-order valence-corrected chi connectivity index (χ4v) is 4.60. The van der Waals surface area contributed by atoms with Crippen LogP contribution in [0.2, 0.25) is 10.0 Å². The number of ether oxygens (including phenoxy) is 1. The van der Waals surface area contributed by atoms with Crippen LogP contribution in [-0.2, 0) is 9.53 Å². The smallest absolute Gasteiger partial charge is 0.343 e. The second-order valence-corrected chi connectivity index (χ2v) is 6.58. The fourth-order valence-electron chi connectivity index (χ4n) is 1.74. The number of allylic oxidation sites excluding steroid dienone is 2. The Morgan fingerprint density at radius 3 is 2.72 bits per heavy atom. The first-order valence-corrected chi connectivity index (χ1v) is 7.43. The number of methoxy groups -OCH3 is 1. The van der Waals surface area contributed by atoms with Crippen molar-refractivity contribution in [3.05, 3.63) is 50.2 Å². The van der Waals surface area contributed by atoms with E-state index in [1.54, 1.807) is 6.07 Å². The minimum atomic E-state index is -0.917. The molecule has 0 radical (unpaired) electrons. The van der Waals surface area contributed by atoms with Gasteiger partial charge in [-0.25, -0.2) is 4.79 Å². The van der Waals surface area contributed by atoms with Gasteiger partial charge < -0.3 is 4.74 Å². The molecule has 1 aliphatic heterocycles. The third kappa shape index (κ3) is 2.44. The summed E-state index contributed by atoms with van der Waals surface area (Å²) in [6.07, 6.45) is 1.84. The molecular weight excluding hydrogens is 291 g/mol. The molecule has 96 valence electrons. The molecule has 0 amide bonds. The molecule has 0 aromatic heterocycles. The van der Waals surface area contributed by atoms with Gasteiger partial charge in [-0.1, -0.05) is 29.3 Å². The predicted octanol–water partition coefficient (Wildman–Crippen LogP) is 4.33. The van der Waals surface area contributed by atoms with E-state index in [4.69, 9.17) is 27.9 Å². The molecule has 1 aromatic rings. The zero-order valence-electron chi connectivity index (χ0n) is 9.91. The highest BCUT2D eigenvalue weighted by Crippen LogP contribution is 2.53. The van der Waals surface area contributed by atoms with Gasteiger partial charge in [0.1, 0.15) is 0 Å². The van der Waals surface area contributed by atoms with Gasteiger partial charge >= 0.3 is 5.97 Å². The predicted molar refractivity (Wildman–Crippen MR) is 77.6 cm³/mol. The third-order valence-corrected chi connectivity index (χ3v) is 5.88. The van der Waals surface area contributed by atoms with Crippen molar-refractivity contribution in [1.82, 2.24) is 0 Å². The van der Waals surface area contributed by atoms with Crippen LogP contribution in [0, 0.1) is 0 Å².